The summed E-state index contributed by atoms with van der Waals surface area (Å²) in [6.07, 6.45) is 1.60. The Balaban J connectivity index is 1.72. The van der Waals surface area contributed by atoms with Crippen LogP contribution in [0.5, 0.6) is 5.75 Å². The first-order chi connectivity index (χ1) is 11.2. The monoisotopic (exact) mass is 310 g/mol. The predicted octanol–water partition coefficient (Wildman–Crippen LogP) is 2.85. The molecule has 0 radical (unpaired) electrons. The molecule has 4 heteroatoms. The first-order valence-corrected chi connectivity index (χ1v) is 8.07. The largest absolute Gasteiger partial charge is 0.508 e. The number of phenols is 1. The van der Waals surface area contributed by atoms with Gasteiger partial charge in [0.2, 0.25) is 5.91 Å². The zero-order valence-corrected chi connectivity index (χ0v) is 13.1. The maximum absolute atomic E-state index is 11.9. The minimum atomic E-state index is 0.0536. The van der Waals surface area contributed by atoms with Crippen LogP contribution in [-0.2, 0) is 11.3 Å². The molecule has 4 nitrogen and oxygen atoms in total. The summed E-state index contributed by atoms with van der Waals surface area (Å²) in [6.45, 7) is 2.06. The normalized spacial score (nSPS) is 15.8. The number of aromatic hydroxyl groups is 1. The topological polar surface area (TPSA) is 52.6 Å². The van der Waals surface area contributed by atoms with E-state index in [0.717, 1.165) is 24.1 Å². The van der Waals surface area contributed by atoms with E-state index in [4.69, 9.17) is 0 Å². The van der Waals surface area contributed by atoms with E-state index in [1.54, 1.807) is 6.07 Å². The van der Waals surface area contributed by atoms with Gasteiger partial charge in [-0.15, -0.1) is 0 Å². The zero-order valence-electron chi connectivity index (χ0n) is 13.1. The van der Waals surface area contributed by atoms with E-state index < -0.39 is 0 Å². The summed E-state index contributed by atoms with van der Waals surface area (Å²) in [7, 11) is 0. The number of carbonyl (C=O) groups excluding carboxylic acids is 1. The Labute approximate surface area is 136 Å². The molecule has 0 aliphatic carbocycles. The number of nitrogens with zero attached hydrogens (tertiary/aromatic N) is 1. The van der Waals surface area contributed by atoms with Crippen molar-refractivity contribution in [3.8, 4) is 5.75 Å². The minimum Gasteiger partial charge on any atom is -0.508 e. The van der Waals surface area contributed by atoms with Gasteiger partial charge in [0, 0.05) is 31.6 Å². The highest BCUT2D eigenvalue weighted by Gasteiger charge is 2.24. The van der Waals surface area contributed by atoms with Crippen molar-refractivity contribution in [2.75, 3.05) is 13.1 Å². The molecule has 120 valence electrons. The van der Waals surface area contributed by atoms with E-state index in [9.17, 15) is 9.90 Å². The summed E-state index contributed by atoms with van der Waals surface area (Å²) in [4.78, 5) is 13.9. The fraction of sp³-hybridized carbons (Fsp3) is 0.316. The lowest BCUT2D eigenvalue weighted by Gasteiger charge is -2.25. The Bertz CT molecular complexity index is 657. The summed E-state index contributed by atoms with van der Waals surface area (Å²) < 4.78 is 0. The van der Waals surface area contributed by atoms with Crippen LogP contribution in [0.3, 0.4) is 0 Å². The molecular formula is C19H22N2O2. The van der Waals surface area contributed by atoms with Gasteiger partial charge < -0.3 is 15.3 Å². The van der Waals surface area contributed by atoms with Gasteiger partial charge in [0.25, 0.3) is 0 Å². The number of likely N-dealkylation sites (tertiary alicyclic amines) is 1. The number of phenolic OH excluding ortho intramolecular Hbond substituents is 1. The average molecular weight is 310 g/mol. The lowest BCUT2D eigenvalue weighted by Crippen LogP contribution is -2.35. The highest BCUT2D eigenvalue weighted by Crippen LogP contribution is 2.21. The van der Waals surface area contributed by atoms with Gasteiger partial charge in [-0.2, -0.15) is 0 Å². The Hall–Kier alpha value is -2.33. The van der Waals surface area contributed by atoms with Crippen molar-refractivity contribution in [3.05, 3.63) is 65.7 Å². The van der Waals surface area contributed by atoms with Gasteiger partial charge in [-0.3, -0.25) is 4.79 Å². The summed E-state index contributed by atoms with van der Waals surface area (Å²) in [6, 6.07) is 17.5. The lowest BCUT2D eigenvalue weighted by atomic mass is 10.1. The van der Waals surface area contributed by atoms with Crippen LogP contribution >= 0.6 is 0 Å². The quantitative estimate of drug-likeness (QED) is 0.862. The van der Waals surface area contributed by atoms with Crippen LogP contribution < -0.4 is 5.32 Å². The number of nitrogens with one attached hydrogen (secondary N) is 1. The first kappa shape index (κ1) is 15.6. The Morgan fingerprint density at radius 2 is 1.83 bits per heavy atom. The smallest absolute Gasteiger partial charge is 0.222 e. The summed E-state index contributed by atoms with van der Waals surface area (Å²) in [5.74, 6) is 0.527. The summed E-state index contributed by atoms with van der Waals surface area (Å²) in [5, 5.41) is 13.4. The van der Waals surface area contributed by atoms with Gasteiger partial charge in [0.05, 0.1) is 6.04 Å². The van der Waals surface area contributed by atoms with Gasteiger partial charge in [-0.25, -0.2) is 0 Å². The van der Waals surface area contributed by atoms with Crippen LogP contribution in [0.25, 0.3) is 0 Å². The molecule has 1 aliphatic heterocycles. The maximum Gasteiger partial charge on any atom is 0.222 e. The van der Waals surface area contributed by atoms with Crippen molar-refractivity contribution in [1.82, 2.24) is 10.2 Å². The van der Waals surface area contributed by atoms with E-state index in [2.05, 4.69) is 17.4 Å². The van der Waals surface area contributed by atoms with E-state index in [0.29, 0.717) is 25.3 Å². The molecule has 0 saturated carbocycles. The average Bonchev–Trinajstić information content (AvgIpc) is 2.98. The van der Waals surface area contributed by atoms with Crippen LogP contribution in [0, 0.1) is 0 Å². The molecule has 0 spiro atoms. The highest BCUT2D eigenvalue weighted by atomic mass is 16.3. The first-order valence-electron chi connectivity index (χ1n) is 8.07. The van der Waals surface area contributed by atoms with Crippen LogP contribution in [-0.4, -0.2) is 29.0 Å². The molecule has 2 aromatic rings. The molecule has 1 atom stereocenters. The van der Waals surface area contributed by atoms with Crippen molar-refractivity contribution in [1.29, 1.82) is 0 Å². The molecule has 2 N–H and O–H groups in total. The number of hydrogen-bond donors (Lipinski definition) is 2. The van der Waals surface area contributed by atoms with Crippen LogP contribution in [0.4, 0.5) is 0 Å². The maximum atomic E-state index is 11.9. The molecule has 23 heavy (non-hydrogen) atoms. The molecule has 1 fully saturated rings. The predicted molar refractivity (Wildman–Crippen MR) is 89.9 cm³/mol. The molecule has 0 aromatic heterocycles. The van der Waals surface area contributed by atoms with Gasteiger partial charge in [0.1, 0.15) is 5.75 Å². The second kappa shape index (κ2) is 7.29. The van der Waals surface area contributed by atoms with Crippen LogP contribution in [0.1, 0.15) is 30.0 Å². The second-order valence-corrected chi connectivity index (χ2v) is 5.92. The van der Waals surface area contributed by atoms with E-state index >= 15 is 0 Å². The minimum absolute atomic E-state index is 0.0536. The number of carbonyl (C=O) groups is 1. The third-order valence-corrected chi connectivity index (χ3v) is 4.31. The molecule has 3 rings (SSSR count). The number of hydrogen-bond acceptors (Lipinski definition) is 3. The van der Waals surface area contributed by atoms with Crippen molar-refractivity contribution >= 4 is 5.91 Å². The SMILES string of the molecule is O=C1CCCN1C[C@H](NCc1ccccc1O)c1ccccc1. The lowest BCUT2D eigenvalue weighted by molar-refractivity contribution is -0.128. The van der Waals surface area contributed by atoms with Crippen molar-refractivity contribution < 1.29 is 9.90 Å². The molecule has 1 aliphatic rings. The van der Waals surface area contributed by atoms with E-state index in [1.807, 2.05) is 41.3 Å². The fourth-order valence-electron chi connectivity index (χ4n) is 2.98. The number of para-hydroxylation sites is 1. The third-order valence-electron chi connectivity index (χ3n) is 4.31. The molecule has 2 aromatic carbocycles. The van der Waals surface area contributed by atoms with Crippen LogP contribution in [0.15, 0.2) is 54.6 Å². The number of amides is 1. The second-order valence-electron chi connectivity index (χ2n) is 5.92. The summed E-state index contributed by atoms with van der Waals surface area (Å²) in [5.41, 5.74) is 2.02. The van der Waals surface area contributed by atoms with Gasteiger partial charge >= 0.3 is 0 Å². The van der Waals surface area contributed by atoms with Gasteiger partial charge in [-0.05, 0) is 18.1 Å². The van der Waals surface area contributed by atoms with Crippen molar-refractivity contribution in [2.45, 2.75) is 25.4 Å². The van der Waals surface area contributed by atoms with Crippen molar-refractivity contribution in [3.63, 3.8) is 0 Å². The Morgan fingerprint density at radius 1 is 1.09 bits per heavy atom. The molecule has 1 heterocycles. The fourth-order valence-corrected chi connectivity index (χ4v) is 2.98. The van der Waals surface area contributed by atoms with Gasteiger partial charge in [-0.1, -0.05) is 48.5 Å². The third kappa shape index (κ3) is 3.90. The molecule has 0 unspecified atom stereocenters. The molecule has 1 saturated heterocycles. The van der Waals surface area contributed by atoms with Crippen LogP contribution in [0.2, 0.25) is 0 Å². The number of rotatable bonds is 6. The zero-order chi connectivity index (χ0) is 16.1. The Kier molecular flexibility index (Phi) is 4.93. The molecule has 1 amide bonds. The van der Waals surface area contributed by atoms with Crippen molar-refractivity contribution in [2.24, 2.45) is 0 Å². The van der Waals surface area contributed by atoms with E-state index in [-0.39, 0.29) is 11.9 Å². The van der Waals surface area contributed by atoms with Gasteiger partial charge in [0.15, 0.2) is 0 Å². The molecule has 0 bridgehead atoms. The highest BCUT2D eigenvalue weighted by molar-refractivity contribution is 5.78. The Morgan fingerprint density at radius 3 is 2.52 bits per heavy atom. The number of benzene rings is 2. The van der Waals surface area contributed by atoms with E-state index in [1.165, 1.54) is 0 Å². The molecular weight excluding hydrogens is 288 g/mol. The summed E-state index contributed by atoms with van der Waals surface area (Å²) >= 11 is 0. The standard InChI is InChI=1S/C19H22N2O2/c22-18-10-5-4-9-16(18)13-20-17(15-7-2-1-3-8-15)14-21-12-6-11-19(21)23/h1-5,7-10,17,20,22H,6,11-14H2/t17-/m0/s1.